The van der Waals surface area contributed by atoms with Gasteiger partial charge < -0.3 is 10.1 Å². The number of hydrogen-bond acceptors (Lipinski definition) is 3. The van der Waals surface area contributed by atoms with Crippen LogP contribution in [0, 0.1) is 6.92 Å². The molecule has 1 atom stereocenters. The molecule has 3 aromatic carbocycles. The van der Waals surface area contributed by atoms with Crippen LogP contribution in [0.2, 0.25) is 0 Å². The number of amides is 2. The van der Waals surface area contributed by atoms with E-state index in [0.717, 1.165) is 16.7 Å². The number of carbonyl (C=O) groups excluding carboxylic acids is 2. The molecule has 2 amide bonds. The van der Waals surface area contributed by atoms with E-state index >= 15 is 0 Å². The third-order valence-corrected chi connectivity index (χ3v) is 6.00. The molecule has 1 aliphatic rings. The monoisotopic (exact) mass is 414 g/mol. The van der Waals surface area contributed by atoms with Gasteiger partial charge in [-0.15, -0.1) is 0 Å². The van der Waals surface area contributed by atoms with Crippen molar-refractivity contribution in [3.63, 3.8) is 0 Å². The van der Waals surface area contributed by atoms with Crippen molar-refractivity contribution in [1.29, 1.82) is 0 Å². The van der Waals surface area contributed by atoms with Crippen molar-refractivity contribution in [2.75, 3.05) is 12.0 Å². The van der Waals surface area contributed by atoms with E-state index in [1.807, 2.05) is 74.5 Å². The molecule has 0 saturated heterocycles. The van der Waals surface area contributed by atoms with Crippen molar-refractivity contribution in [1.82, 2.24) is 5.32 Å². The Labute approximate surface area is 182 Å². The number of nitrogens with zero attached hydrogens (tertiary/aromatic N) is 1. The maximum absolute atomic E-state index is 13.5. The lowest BCUT2D eigenvalue weighted by atomic mass is 9.82. The first-order valence-electron chi connectivity index (χ1n) is 10.3. The van der Waals surface area contributed by atoms with E-state index < -0.39 is 5.54 Å². The summed E-state index contributed by atoms with van der Waals surface area (Å²) in [6, 6.07) is 22.7. The molecule has 5 heteroatoms. The van der Waals surface area contributed by atoms with E-state index in [1.165, 1.54) is 0 Å². The van der Waals surface area contributed by atoms with E-state index in [4.69, 9.17) is 4.74 Å². The molecule has 0 fully saturated rings. The van der Waals surface area contributed by atoms with Gasteiger partial charge in [-0.25, -0.2) is 0 Å². The van der Waals surface area contributed by atoms with Gasteiger partial charge in [0.1, 0.15) is 11.3 Å². The Morgan fingerprint density at radius 1 is 1.03 bits per heavy atom. The van der Waals surface area contributed by atoms with E-state index in [1.54, 1.807) is 24.1 Å². The van der Waals surface area contributed by atoms with E-state index in [2.05, 4.69) is 5.32 Å². The largest absolute Gasteiger partial charge is 0.497 e. The van der Waals surface area contributed by atoms with Crippen LogP contribution in [0.15, 0.2) is 72.8 Å². The Morgan fingerprint density at radius 3 is 2.42 bits per heavy atom. The van der Waals surface area contributed by atoms with Crippen molar-refractivity contribution >= 4 is 17.5 Å². The molecular formula is C26H26N2O3. The molecule has 0 bridgehead atoms. The first kappa shape index (κ1) is 20.7. The summed E-state index contributed by atoms with van der Waals surface area (Å²) in [5.74, 6) is 0.328. The van der Waals surface area contributed by atoms with Crippen LogP contribution in [0.1, 0.15) is 34.0 Å². The smallest absolute Gasteiger partial charge is 0.259 e. The zero-order valence-electron chi connectivity index (χ0n) is 18.0. The minimum Gasteiger partial charge on any atom is -0.497 e. The lowest BCUT2D eigenvalue weighted by Crippen LogP contribution is -2.63. The third-order valence-electron chi connectivity index (χ3n) is 6.00. The summed E-state index contributed by atoms with van der Waals surface area (Å²) in [6.07, 6.45) is 0.431. The maximum Gasteiger partial charge on any atom is 0.259 e. The van der Waals surface area contributed by atoms with Crippen molar-refractivity contribution in [3.05, 3.63) is 95.1 Å². The Bertz CT molecular complexity index is 1120. The van der Waals surface area contributed by atoms with Gasteiger partial charge in [0.15, 0.2) is 0 Å². The highest BCUT2D eigenvalue weighted by atomic mass is 16.5. The molecule has 0 unspecified atom stereocenters. The van der Waals surface area contributed by atoms with Gasteiger partial charge in [-0.3, -0.25) is 14.5 Å². The topological polar surface area (TPSA) is 58.6 Å². The van der Waals surface area contributed by atoms with Gasteiger partial charge in [0.05, 0.1) is 7.11 Å². The molecule has 1 heterocycles. The number of aryl methyl sites for hydroxylation is 1. The van der Waals surface area contributed by atoms with Gasteiger partial charge in [0.2, 0.25) is 5.91 Å². The number of carbonyl (C=O) groups is 2. The highest BCUT2D eigenvalue weighted by Crippen LogP contribution is 2.36. The zero-order chi connectivity index (χ0) is 22.0. The number of ether oxygens (including phenoxy) is 1. The first-order chi connectivity index (χ1) is 14.9. The van der Waals surface area contributed by atoms with Gasteiger partial charge in [-0.2, -0.15) is 0 Å². The molecule has 0 saturated carbocycles. The van der Waals surface area contributed by atoms with E-state index in [0.29, 0.717) is 30.0 Å². The Kier molecular flexibility index (Phi) is 5.51. The van der Waals surface area contributed by atoms with Crippen LogP contribution in [0.25, 0.3) is 0 Å². The summed E-state index contributed by atoms with van der Waals surface area (Å²) in [4.78, 5) is 28.7. The quantitative estimate of drug-likeness (QED) is 0.678. The molecule has 3 aromatic rings. The second-order valence-electron chi connectivity index (χ2n) is 8.06. The van der Waals surface area contributed by atoms with Crippen molar-refractivity contribution < 1.29 is 14.3 Å². The predicted octanol–water partition coefficient (Wildman–Crippen LogP) is 4.28. The average molecular weight is 415 g/mol. The van der Waals surface area contributed by atoms with E-state index in [-0.39, 0.29) is 11.8 Å². The van der Waals surface area contributed by atoms with Gasteiger partial charge in [0, 0.05) is 24.2 Å². The number of benzene rings is 3. The first-order valence-corrected chi connectivity index (χ1v) is 10.3. The van der Waals surface area contributed by atoms with Crippen LogP contribution in [0.3, 0.4) is 0 Å². The number of anilines is 1. The molecule has 0 aromatic heterocycles. The molecule has 0 spiro atoms. The fraction of sp³-hybridized carbons (Fsp3) is 0.231. The highest BCUT2D eigenvalue weighted by Gasteiger charge is 2.47. The summed E-state index contributed by atoms with van der Waals surface area (Å²) >= 11 is 0. The number of nitrogens with one attached hydrogen (secondary N) is 1. The lowest BCUT2D eigenvalue weighted by Gasteiger charge is -2.44. The highest BCUT2D eigenvalue weighted by molar-refractivity contribution is 6.14. The van der Waals surface area contributed by atoms with Gasteiger partial charge >= 0.3 is 0 Å². The number of methoxy groups -OCH3 is 1. The predicted molar refractivity (Wildman–Crippen MR) is 121 cm³/mol. The summed E-state index contributed by atoms with van der Waals surface area (Å²) in [5.41, 5.74) is 3.27. The Balaban J connectivity index is 1.71. The summed E-state index contributed by atoms with van der Waals surface area (Å²) in [5, 5.41) is 3.07. The SMILES string of the molecule is COc1ccc(N2C(=O)c3ccccc3C[C@@]2(C)C(=O)NCc2ccccc2C)cc1. The normalized spacial score (nSPS) is 17.8. The van der Waals surface area contributed by atoms with Gasteiger partial charge in [-0.05, 0) is 60.9 Å². The van der Waals surface area contributed by atoms with Crippen LogP contribution in [-0.2, 0) is 17.8 Å². The minimum atomic E-state index is -1.07. The summed E-state index contributed by atoms with van der Waals surface area (Å²) < 4.78 is 5.26. The van der Waals surface area contributed by atoms with Crippen LogP contribution in [0.4, 0.5) is 5.69 Å². The van der Waals surface area contributed by atoms with Crippen molar-refractivity contribution in [2.45, 2.75) is 32.4 Å². The van der Waals surface area contributed by atoms with Crippen LogP contribution in [-0.4, -0.2) is 24.5 Å². The second-order valence-corrected chi connectivity index (χ2v) is 8.06. The van der Waals surface area contributed by atoms with Crippen LogP contribution < -0.4 is 15.0 Å². The molecule has 1 aliphatic heterocycles. The molecule has 0 radical (unpaired) electrons. The van der Waals surface area contributed by atoms with Gasteiger partial charge in [0.25, 0.3) is 5.91 Å². The Morgan fingerprint density at radius 2 is 1.71 bits per heavy atom. The van der Waals surface area contributed by atoms with Crippen molar-refractivity contribution in [3.8, 4) is 5.75 Å². The molecule has 0 aliphatic carbocycles. The molecule has 1 N–H and O–H groups in total. The van der Waals surface area contributed by atoms with Gasteiger partial charge in [-0.1, -0.05) is 42.5 Å². The molecule has 31 heavy (non-hydrogen) atoms. The summed E-state index contributed by atoms with van der Waals surface area (Å²) in [7, 11) is 1.60. The third kappa shape index (κ3) is 3.79. The van der Waals surface area contributed by atoms with Crippen LogP contribution >= 0.6 is 0 Å². The fourth-order valence-corrected chi connectivity index (χ4v) is 4.17. The molecule has 4 rings (SSSR count). The standard InChI is InChI=1S/C26H26N2O3/c1-18-8-4-5-10-20(18)17-27-25(30)26(2)16-19-9-6-7-11-23(19)24(29)28(26)21-12-14-22(31-3)15-13-21/h4-15H,16-17H2,1-3H3,(H,27,30)/t26-/m0/s1. The Hall–Kier alpha value is -3.60. The molecular weight excluding hydrogens is 388 g/mol. The number of fused-ring (bicyclic) bond motifs is 1. The second kappa shape index (κ2) is 8.26. The summed E-state index contributed by atoms with van der Waals surface area (Å²) in [6.45, 7) is 4.26. The molecule has 5 nitrogen and oxygen atoms in total. The van der Waals surface area contributed by atoms with Crippen molar-refractivity contribution in [2.24, 2.45) is 0 Å². The maximum atomic E-state index is 13.5. The fourth-order valence-electron chi connectivity index (χ4n) is 4.17. The average Bonchev–Trinajstić information content (AvgIpc) is 2.79. The molecule has 158 valence electrons. The van der Waals surface area contributed by atoms with E-state index in [9.17, 15) is 9.59 Å². The number of hydrogen-bond donors (Lipinski definition) is 1. The lowest BCUT2D eigenvalue weighted by molar-refractivity contribution is -0.126. The number of rotatable bonds is 5. The minimum absolute atomic E-state index is 0.180. The zero-order valence-corrected chi connectivity index (χ0v) is 18.0. The van der Waals surface area contributed by atoms with Crippen LogP contribution in [0.5, 0.6) is 5.75 Å².